The third kappa shape index (κ3) is 1.59. The zero-order valence-corrected chi connectivity index (χ0v) is 8.68. The molecule has 0 aromatic heterocycles. The Bertz CT molecular complexity index is 226. The molecule has 2 aliphatic rings. The molecular weight excluding hydrogens is 162 g/mol. The summed E-state index contributed by atoms with van der Waals surface area (Å²) in [5, 5.41) is 0. The lowest BCUT2D eigenvalue weighted by Gasteiger charge is -2.23. The second-order valence-electron chi connectivity index (χ2n) is 5.04. The van der Waals surface area contributed by atoms with Gasteiger partial charge in [0.05, 0.1) is 0 Å². The molecule has 1 aliphatic carbocycles. The molecule has 1 heterocycles. The number of rotatable bonds is 0. The van der Waals surface area contributed by atoms with Crippen LogP contribution < -0.4 is 0 Å². The zero-order valence-electron chi connectivity index (χ0n) is 8.68. The number of likely N-dealkylation sites (tertiary alicyclic amines) is 1. The van der Waals surface area contributed by atoms with Crippen molar-refractivity contribution in [2.45, 2.75) is 39.5 Å². The first-order valence-electron chi connectivity index (χ1n) is 5.37. The van der Waals surface area contributed by atoms with Crippen LogP contribution in [-0.4, -0.2) is 23.9 Å². The van der Waals surface area contributed by atoms with E-state index in [0.29, 0.717) is 5.41 Å². The predicted molar refractivity (Wildman–Crippen MR) is 52.3 cm³/mol. The van der Waals surface area contributed by atoms with E-state index in [1.54, 1.807) is 6.92 Å². The number of carbonyl (C=O) groups excluding carboxylic acids is 1. The summed E-state index contributed by atoms with van der Waals surface area (Å²) in [4.78, 5) is 13.2. The summed E-state index contributed by atoms with van der Waals surface area (Å²) >= 11 is 0. The van der Waals surface area contributed by atoms with Crippen molar-refractivity contribution in [3.63, 3.8) is 0 Å². The highest BCUT2D eigenvalue weighted by Gasteiger charge is 2.43. The molecule has 0 radical (unpaired) electrons. The van der Waals surface area contributed by atoms with E-state index in [1.807, 2.05) is 4.90 Å². The maximum absolute atomic E-state index is 11.2. The highest BCUT2D eigenvalue weighted by molar-refractivity contribution is 5.73. The summed E-state index contributed by atoms with van der Waals surface area (Å²) in [6.45, 7) is 6.07. The van der Waals surface area contributed by atoms with Crippen LogP contribution in [0.15, 0.2) is 0 Å². The van der Waals surface area contributed by atoms with Crippen LogP contribution in [0.2, 0.25) is 0 Å². The Balaban J connectivity index is 2.01. The van der Waals surface area contributed by atoms with Gasteiger partial charge in [0.2, 0.25) is 5.91 Å². The summed E-state index contributed by atoms with van der Waals surface area (Å²) in [6.07, 6.45) is 5.30. The molecule has 0 bridgehead atoms. The molecule has 2 heteroatoms. The summed E-state index contributed by atoms with van der Waals surface area (Å²) in [5.74, 6) is 1.14. The van der Waals surface area contributed by atoms with Gasteiger partial charge in [0.25, 0.3) is 0 Å². The first-order valence-corrected chi connectivity index (χ1v) is 5.37. The number of hydrogen-bond acceptors (Lipinski definition) is 1. The van der Waals surface area contributed by atoms with Gasteiger partial charge in [-0.05, 0) is 30.6 Å². The van der Waals surface area contributed by atoms with Crippen LogP contribution >= 0.6 is 0 Å². The molecule has 2 fully saturated rings. The monoisotopic (exact) mass is 181 g/mol. The van der Waals surface area contributed by atoms with Crippen molar-refractivity contribution in [2.24, 2.45) is 11.3 Å². The number of hydrogen-bond donors (Lipinski definition) is 0. The lowest BCUT2D eigenvalue weighted by molar-refractivity contribution is -0.128. The minimum atomic E-state index is 0.261. The van der Waals surface area contributed by atoms with E-state index >= 15 is 0 Å². The molecule has 0 aromatic rings. The molecule has 0 aromatic carbocycles. The first kappa shape index (κ1) is 9.04. The fourth-order valence-corrected chi connectivity index (χ4v) is 3.07. The van der Waals surface area contributed by atoms with E-state index in [1.165, 1.54) is 25.7 Å². The third-order valence-corrected chi connectivity index (χ3v) is 3.83. The molecule has 2 unspecified atom stereocenters. The Labute approximate surface area is 80.3 Å². The summed E-state index contributed by atoms with van der Waals surface area (Å²) in [5.41, 5.74) is 0.519. The maximum Gasteiger partial charge on any atom is 0.219 e. The zero-order chi connectivity index (χ0) is 9.47. The average Bonchev–Trinajstić information content (AvgIpc) is 2.61. The van der Waals surface area contributed by atoms with Gasteiger partial charge in [0.15, 0.2) is 0 Å². The molecule has 1 saturated carbocycles. The number of carbonyl (C=O) groups is 1. The fourth-order valence-electron chi connectivity index (χ4n) is 3.07. The van der Waals surface area contributed by atoms with Crippen molar-refractivity contribution >= 4 is 5.91 Å². The van der Waals surface area contributed by atoms with Crippen molar-refractivity contribution < 1.29 is 4.79 Å². The molecule has 1 spiro atoms. The van der Waals surface area contributed by atoms with E-state index in [4.69, 9.17) is 0 Å². The van der Waals surface area contributed by atoms with Crippen molar-refractivity contribution in [1.82, 2.24) is 4.90 Å². The summed E-state index contributed by atoms with van der Waals surface area (Å²) in [7, 11) is 0. The fraction of sp³-hybridized carbons (Fsp3) is 0.909. The van der Waals surface area contributed by atoms with Gasteiger partial charge in [-0.25, -0.2) is 0 Å². The van der Waals surface area contributed by atoms with Gasteiger partial charge in [-0.15, -0.1) is 0 Å². The quantitative estimate of drug-likeness (QED) is 0.560. The largest absolute Gasteiger partial charge is 0.342 e. The van der Waals surface area contributed by atoms with E-state index < -0.39 is 0 Å². The Hall–Kier alpha value is -0.530. The SMILES string of the molecule is CC(=O)N1CCC2(CCC(C)C2)C1. The van der Waals surface area contributed by atoms with Crippen LogP contribution in [0.3, 0.4) is 0 Å². The van der Waals surface area contributed by atoms with Crippen molar-refractivity contribution in [3.8, 4) is 0 Å². The van der Waals surface area contributed by atoms with Crippen LogP contribution in [0, 0.1) is 11.3 Å². The van der Waals surface area contributed by atoms with Gasteiger partial charge in [-0.2, -0.15) is 0 Å². The molecule has 2 atom stereocenters. The smallest absolute Gasteiger partial charge is 0.219 e. The lowest BCUT2D eigenvalue weighted by Crippen LogP contribution is -2.29. The minimum absolute atomic E-state index is 0.261. The van der Waals surface area contributed by atoms with E-state index in [2.05, 4.69) is 6.92 Å². The Morgan fingerprint density at radius 3 is 2.69 bits per heavy atom. The Morgan fingerprint density at radius 2 is 2.23 bits per heavy atom. The van der Waals surface area contributed by atoms with Gasteiger partial charge >= 0.3 is 0 Å². The Kier molecular flexibility index (Phi) is 2.09. The van der Waals surface area contributed by atoms with Gasteiger partial charge in [0, 0.05) is 20.0 Å². The molecule has 74 valence electrons. The average molecular weight is 181 g/mol. The minimum Gasteiger partial charge on any atom is -0.342 e. The van der Waals surface area contributed by atoms with Crippen LogP contribution in [0.4, 0.5) is 0 Å². The van der Waals surface area contributed by atoms with Crippen LogP contribution in [-0.2, 0) is 4.79 Å². The lowest BCUT2D eigenvalue weighted by atomic mass is 9.85. The molecule has 13 heavy (non-hydrogen) atoms. The van der Waals surface area contributed by atoms with Crippen molar-refractivity contribution in [1.29, 1.82) is 0 Å². The molecular formula is C11H19NO. The molecule has 2 nitrogen and oxygen atoms in total. The maximum atomic E-state index is 11.2. The second-order valence-corrected chi connectivity index (χ2v) is 5.04. The summed E-state index contributed by atoms with van der Waals surface area (Å²) < 4.78 is 0. The van der Waals surface area contributed by atoms with Gasteiger partial charge in [0.1, 0.15) is 0 Å². The second kappa shape index (κ2) is 3.00. The van der Waals surface area contributed by atoms with Gasteiger partial charge in [-0.3, -0.25) is 4.79 Å². The number of nitrogens with zero attached hydrogens (tertiary/aromatic N) is 1. The third-order valence-electron chi connectivity index (χ3n) is 3.83. The Morgan fingerprint density at radius 1 is 1.46 bits per heavy atom. The molecule has 1 amide bonds. The molecule has 1 aliphatic heterocycles. The molecule has 2 rings (SSSR count). The van der Waals surface area contributed by atoms with Gasteiger partial charge in [-0.1, -0.05) is 13.3 Å². The van der Waals surface area contributed by atoms with Crippen LogP contribution in [0.25, 0.3) is 0 Å². The van der Waals surface area contributed by atoms with Crippen molar-refractivity contribution in [3.05, 3.63) is 0 Å². The van der Waals surface area contributed by atoms with Crippen LogP contribution in [0.1, 0.15) is 39.5 Å². The van der Waals surface area contributed by atoms with Gasteiger partial charge < -0.3 is 4.90 Å². The normalized spacial score (nSPS) is 38.9. The van der Waals surface area contributed by atoms with Crippen LogP contribution in [0.5, 0.6) is 0 Å². The van der Waals surface area contributed by atoms with E-state index in [-0.39, 0.29) is 5.91 Å². The van der Waals surface area contributed by atoms with E-state index in [9.17, 15) is 4.79 Å². The first-order chi connectivity index (χ1) is 6.11. The van der Waals surface area contributed by atoms with E-state index in [0.717, 1.165) is 19.0 Å². The molecule has 0 N–H and O–H groups in total. The topological polar surface area (TPSA) is 20.3 Å². The number of amides is 1. The van der Waals surface area contributed by atoms with Crippen molar-refractivity contribution in [2.75, 3.05) is 13.1 Å². The summed E-state index contributed by atoms with van der Waals surface area (Å²) in [6, 6.07) is 0. The predicted octanol–water partition coefficient (Wildman–Crippen LogP) is 2.04. The highest BCUT2D eigenvalue weighted by atomic mass is 16.2. The standard InChI is InChI=1S/C11H19NO/c1-9-3-4-11(7-9)5-6-12(8-11)10(2)13/h9H,3-8H2,1-2H3. The molecule has 1 saturated heterocycles. The highest BCUT2D eigenvalue weighted by Crippen LogP contribution is 2.47.